The van der Waals surface area contributed by atoms with E-state index in [1.807, 2.05) is 24.3 Å². The van der Waals surface area contributed by atoms with Gasteiger partial charge < -0.3 is 14.7 Å². The Hall–Kier alpha value is -1.84. The average Bonchev–Trinajstić information content (AvgIpc) is 2.77. The second kappa shape index (κ2) is 10.3. The normalized spacial score (nSPS) is 18.4. The minimum Gasteiger partial charge on any atom is -0.497 e. The van der Waals surface area contributed by atoms with E-state index in [9.17, 15) is 5.11 Å². The van der Waals surface area contributed by atoms with Gasteiger partial charge in [0.15, 0.2) is 0 Å². The number of likely N-dealkylation sites (tertiary alicyclic amines) is 1. The van der Waals surface area contributed by atoms with Crippen LogP contribution in [0.2, 0.25) is 0 Å². The fraction of sp³-hybridized carbons (Fsp3) is 0.538. The lowest BCUT2D eigenvalue weighted by molar-refractivity contribution is -0.0187. The maximum Gasteiger partial charge on any atom is 0.118 e. The van der Waals surface area contributed by atoms with Gasteiger partial charge in [0.2, 0.25) is 0 Å². The van der Waals surface area contributed by atoms with Gasteiger partial charge in [-0.3, -0.25) is 0 Å². The highest BCUT2D eigenvalue weighted by molar-refractivity contribution is 5.35. The number of hydrogen-bond acceptors (Lipinski definition) is 3. The minimum absolute atomic E-state index is 0.0361. The van der Waals surface area contributed by atoms with E-state index in [0.717, 1.165) is 43.8 Å². The molecule has 0 aromatic heterocycles. The number of piperidine rings is 1. The van der Waals surface area contributed by atoms with E-state index in [4.69, 9.17) is 4.74 Å². The van der Waals surface area contributed by atoms with Crippen molar-refractivity contribution in [2.24, 2.45) is 5.92 Å². The number of hydrogen-bond donors (Lipinski definition) is 1. The lowest BCUT2D eigenvalue weighted by Gasteiger charge is -2.41. The molecule has 3 heteroatoms. The zero-order chi connectivity index (χ0) is 20.7. The molecule has 2 atom stereocenters. The quantitative estimate of drug-likeness (QED) is 0.601. The third kappa shape index (κ3) is 5.61. The molecular weight excluding hydrogens is 358 g/mol. The van der Waals surface area contributed by atoms with Crippen LogP contribution in [0.3, 0.4) is 0 Å². The SMILES string of the molecule is COc1ccc([C@@](O)(CCC(C)C)[C@@H](CN2CCCCC2)c2ccccc2)cc1. The maximum absolute atomic E-state index is 12.3. The van der Waals surface area contributed by atoms with Crippen LogP contribution in [0.15, 0.2) is 54.6 Å². The molecule has 0 spiro atoms. The molecule has 1 heterocycles. The smallest absolute Gasteiger partial charge is 0.118 e. The van der Waals surface area contributed by atoms with Gasteiger partial charge in [-0.05, 0) is 68.0 Å². The molecule has 2 aromatic rings. The first-order chi connectivity index (χ1) is 14.0. The van der Waals surface area contributed by atoms with E-state index in [1.54, 1.807) is 7.11 Å². The first kappa shape index (κ1) is 21.9. The summed E-state index contributed by atoms with van der Waals surface area (Å²) in [5.41, 5.74) is 1.31. The van der Waals surface area contributed by atoms with Gasteiger partial charge in [-0.25, -0.2) is 0 Å². The van der Waals surface area contributed by atoms with Gasteiger partial charge in [-0.15, -0.1) is 0 Å². The predicted molar refractivity (Wildman–Crippen MR) is 120 cm³/mol. The summed E-state index contributed by atoms with van der Waals surface area (Å²) in [6.45, 7) is 7.62. The summed E-state index contributed by atoms with van der Waals surface area (Å²) in [5.74, 6) is 1.41. The number of aliphatic hydroxyl groups is 1. The van der Waals surface area contributed by atoms with Crippen molar-refractivity contribution in [3.8, 4) is 5.75 Å². The van der Waals surface area contributed by atoms with E-state index in [-0.39, 0.29) is 5.92 Å². The van der Waals surface area contributed by atoms with Crippen molar-refractivity contribution in [1.82, 2.24) is 4.90 Å². The number of nitrogens with zero attached hydrogens (tertiary/aromatic N) is 1. The predicted octanol–water partition coefficient (Wildman–Crippen LogP) is 5.59. The Labute approximate surface area is 176 Å². The molecule has 1 aliphatic rings. The molecule has 1 N–H and O–H groups in total. The Morgan fingerprint density at radius 3 is 2.21 bits per heavy atom. The van der Waals surface area contributed by atoms with Crippen LogP contribution in [-0.2, 0) is 5.60 Å². The second-order valence-electron chi connectivity index (χ2n) is 8.91. The number of rotatable bonds is 9. The molecule has 0 saturated carbocycles. The second-order valence-corrected chi connectivity index (χ2v) is 8.91. The van der Waals surface area contributed by atoms with E-state index < -0.39 is 5.60 Å². The van der Waals surface area contributed by atoms with Crippen molar-refractivity contribution in [1.29, 1.82) is 0 Å². The maximum atomic E-state index is 12.3. The molecule has 1 saturated heterocycles. The Bertz CT molecular complexity index is 722. The van der Waals surface area contributed by atoms with Crippen LogP contribution in [0.5, 0.6) is 5.75 Å². The molecule has 1 aliphatic heterocycles. The molecule has 29 heavy (non-hydrogen) atoms. The topological polar surface area (TPSA) is 32.7 Å². The van der Waals surface area contributed by atoms with Crippen LogP contribution in [0, 0.1) is 5.92 Å². The van der Waals surface area contributed by atoms with E-state index >= 15 is 0 Å². The van der Waals surface area contributed by atoms with E-state index in [2.05, 4.69) is 49.1 Å². The van der Waals surface area contributed by atoms with Crippen molar-refractivity contribution in [3.05, 3.63) is 65.7 Å². The molecule has 3 rings (SSSR count). The largest absolute Gasteiger partial charge is 0.497 e. The molecule has 1 fully saturated rings. The summed E-state index contributed by atoms with van der Waals surface area (Å²) in [5, 5.41) is 12.3. The van der Waals surface area contributed by atoms with Crippen LogP contribution in [0.1, 0.15) is 63.0 Å². The molecule has 2 aromatic carbocycles. The van der Waals surface area contributed by atoms with Crippen molar-refractivity contribution < 1.29 is 9.84 Å². The molecule has 3 nitrogen and oxygen atoms in total. The first-order valence-electron chi connectivity index (χ1n) is 11.2. The third-order valence-corrected chi connectivity index (χ3v) is 6.36. The van der Waals surface area contributed by atoms with E-state index in [0.29, 0.717) is 5.92 Å². The van der Waals surface area contributed by atoms with Crippen LogP contribution >= 0.6 is 0 Å². The van der Waals surface area contributed by atoms with Crippen LogP contribution < -0.4 is 4.74 Å². The van der Waals surface area contributed by atoms with Gasteiger partial charge in [0.25, 0.3) is 0 Å². The molecule has 0 aliphatic carbocycles. The molecule has 0 unspecified atom stereocenters. The molecular formula is C26H37NO2. The lowest BCUT2D eigenvalue weighted by atomic mass is 9.73. The number of ether oxygens (including phenoxy) is 1. The zero-order valence-corrected chi connectivity index (χ0v) is 18.3. The standard InChI is InChI=1S/C26H37NO2/c1-21(2)16-17-26(28,23-12-14-24(29-3)15-13-23)25(22-10-6-4-7-11-22)20-27-18-8-5-9-19-27/h4,6-7,10-15,21,25,28H,5,8-9,16-20H2,1-3H3/t25-,26-/m0/s1. The third-order valence-electron chi connectivity index (χ3n) is 6.36. The monoisotopic (exact) mass is 395 g/mol. The Morgan fingerprint density at radius 2 is 1.62 bits per heavy atom. The summed E-state index contributed by atoms with van der Waals surface area (Å²) in [6, 6.07) is 18.6. The van der Waals surface area contributed by atoms with Gasteiger partial charge in [-0.2, -0.15) is 0 Å². The van der Waals surface area contributed by atoms with Crippen molar-refractivity contribution in [2.75, 3.05) is 26.7 Å². The Balaban J connectivity index is 1.99. The summed E-state index contributed by atoms with van der Waals surface area (Å²) in [7, 11) is 1.68. The van der Waals surface area contributed by atoms with E-state index in [1.165, 1.54) is 24.8 Å². The molecule has 0 amide bonds. The summed E-state index contributed by atoms with van der Waals surface area (Å²) >= 11 is 0. The van der Waals surface area contributed by atoms with Gasteiger partial charge in [-0.1, -0.05) is 62.7 Å². The van der Waals surface area contributed by atoms with Gasteiger partial charge >= 0.3 is 0 Å². The zero-order valence-electron chi connectivity index (χ0n) is 18.3. The Morgan fingerprint density at radius 1 is 0.966 bits per heavy atom. The summed E-state index contributed by atoms with van der Waals surface area (Å²) < 4.78 is 5.36. The molecule has 0 radical (unpaired) electrons. The van der Waals surface area contributed by atoms with Gasteiger partial charge in [0, 0.05) is 12.5 Å². The fourth-order valence-corrected chi connectivity index (χ4v) is 4.53. The lowest BCUT2D eigenvalue weighted by Crippen LogP contribution is -2.43. The number of methoxy groups -OCH3 is 1. The highest BCUT2D eigenvalue weighted by Gasteiger charge is 2.40. The average molecular weight is 396 g/mol. The van der Waals surface area contributed by atoms with Crippen LogP contribution in [0.4, 0.5) is 0 Å². The molecule has 158 valence electrons. The highest BCUT2D eigenvalue weighted by atomic mass is 16.5. The minimum atomic E-state index is -0.907. The number of benzene rings is 2. The van der Waals surface area contributed by atoms with Crippen LogP contribution in [0.25, 0.3) is 0 Å². The summed E-state index contributed by atoms with van der Waals surface area (Å²) in [6.07, 6.45) is 5.59. The van der Waals surface area contributed by atoms with Crippen molar-refractivity contribution in [3.63, 3.8) is 0 Å². The first-order valence-corrected chi connectivity index (χ1v) is 11.2. The van der Waals surface area contributed by atoms with Crippen molar-refractivity contribution in [2.45, 2.75) is 57.5 Å². The summed E-state index contributed by atoms with van der Waals surface area (Å²) in [4.78, 5) is 2.55. The molecule has 0 bridgehead atoms. The fourth-order valence-electron chi connectivity index (χ4n) is 4.53. The van der Waals surface area contributed by atoms with Gasteiger partial charge in [0.05, 0.1) is 12.7 Å². The van der Waals surface area contributed by atoms with Crippen molar-refractivity contribution >= 4 is 0 Å². The highest BCUT2D eigenvalue weighted by Crippen LogP contribution is 2.42. The van der Waals surface area contributed by atoms with Gasteiger partial charge in [0.1, 0.15) is 5.75 Å². The van der Waals surface area contributed by atoms with Crippen LogP contribution in [-0.4, -0.2) is 36.8 Å². The Kier molecular flexibility index (Phi) is 7.74.